The van der Waals surface area contributed by atoms with Gasteiger partial charge in [-0.25, -0.2) is 4.39 Å². The van der Waals surface area contributed by atoms with Crippen LogP contribution in [0, 0.1) is 11.7 Å². The molecular formula is C27H34FN3O4. The molecule has 1 saturated heterocycles. The Kier molecular flexibility index (Phi) is 8.13. The van der Waals surface area contributed by atoms with Gasteiger partial charge in [-0.1, -0.05) is 0 Å². The Morgan fingerprint density at radius 1 is 1.09 bits per heavy atom. The van der Waals surface area contributed by atoms with E-state index in [0.29, 0.717) is 28.7 Å². The number of carbonyl (C=O) groups excluding carboxylic acids is 1. The number of halogens is 1. The largest absolute Gasteiger partial charge is 0.493 e. The summed E-state index contributed by atoms with van der Waals surface area (Å²) in [5.41, 5.74) is 2.66. The molecular weight excluding hydrogens is 449 g/mol. The quantitative estimate of drug-likeness (QED) is 0.418. The van der Waals surface area contributed by atoms with Crippen molar-refractivity contribution in [1.82, 2.24) is 15.2 Å². The molecule has 0 spiro atoms. The van der Waals surface area contributed by atoms with Crippen molar-refractivity contribution in [2.75, 3.05) is 47.5 Å². The molecule has 0 saturated carbocycles. The van der Waals surface area contributed by atoms with Crippen LogP contribution in [0.4, 0.5) is 4.39 Å². The van der Waals surface area contributed by atoms with Gasteiger partial charge in [-0.15, -0.1) is 0 Å². The molecule has 2 heterocycles. The number of H-pyrrole nitrogens is 1. The Balaban J connectivity index is 1.22. The van der Waals surface area contributed by atoms with E-state index in [0.717, 1.165) is 68.3 Å². The van der Waals surface area contributed by atoms with E-state index in [-0.39, 0.29) is 11.7 Å². The Morgan fingerprint density at radius 3 is 2.46 bits per heavy atom. The van der Waals surface area contributed by atoms with Crippen LogP contribution in [-0.2, 0) is 6.42 Å². The minimum atomic E-state index is -0.202. The summed E-state index contributed by atoms with van der Waals surface area (Å²) >= 11 is 0. The molecule has 0 aliphatic carbocycles. The van der Waals surface area contributed by atoms with Crippen molar-refractivity contribution >= 4 is 16.8 Å². The lowest BCUT2D eigenvalue weighted by Gasteiger charge is -2.32. The Bertz CT molecular complexity index is 1130. The molecule has 0 unspecified atom stereocenters. The first-order valence-electron chi connectivity index (χ1n) is 12.1. The number of amides is 1. The van der Waals surface area contributed by atoms with Gasteiger partial charge in [-0.3, -0.25) is 4.79 Å². The molecule has 7 nitrogen and oxygen atoms in total. The number of hydrogen-bond acceptors (Lipinski definition) is 5. The zero-order chi connectivity index (χ0) is 24.8. The Labute approximate surface area is 205 Å². The van der Waals surface area contributed by atoms with Gasteiger partial charge < -0.3 is 29.4 Å². The summed E-state index contributed by atoms with van der Waals surface area (Å²) in [6, 6.07) is 8.28. The molecule has 1 aromatic heterocycles. The number of piperidine rings is 1. The number of fused-ring (bicyclic) bond motifs is 1. The van der Waals surface area contributed by atoms with E-state index in [1.54, 1.807) is 45.6 Å². The number of benzene rings is 2. The molecule has 2 aromatic carbocycles. The van der Waals surface area contributed by atoms with Gasteiger partial charge >= 0.3 is 0 Å². The first-order valence-corrected chi connectivity index (χ1v) is 12.1. The number of aromatic amines is 1. The fraction of sp³-hybridized carbons (Fsp3) is 0.444. The van der Waals surface area contributed by atoms with Crippen molar-refractivity contribution in [3.8, 4) is 17.2 Å². The number of aryl methyl sites for hydroxylation is 1. The van der Waals surface area contributed by atoms with Gasteiger partial charge in [-0.05, 0) is 80.6 Å². The van der Waals surface area contributed by atoms with Gasteiger partial charge in [0.15, 0.2) is 11.5 Å². The maximum Gasteiger partial charge on any atom is 0.254 e. The molecule has 0 radical (unpaired) electrons. The molecule has 0 atom stereocenters. The van der Waals surface area contributed by atoms with Crippen molar-refractivity contribution in [2.24, 2.45) is 5.92 Å². The molecule has 8 heteroatoms. The second-order valence-electron chi connectivity index (χ2n) is 8.96. The van der Waals surface area contributed by atoms with E-state index in [9.17, 15) is 9.18 Å². The lowest BCUT2D eigenvalue weighted by atomic mass is 9.96. The molecule has 4 rings (SSSR count). The highest BCUT2D eigenvalue weighted by Gasteiger charge is 2.25. The van der Waals surface area contributed by atoms with Crippen molar-refractivity contribution < 1.29 is 23.4 Å². The molecule has 2 N–H and O–H groups in total. The number of ether oxygens (including phenoxy) is 3. The van der Waals surface area contributed by atoms with E-state index in [2.05, 4.69) is 10.3 Å². The third-order valence-electron chi connectivity index (χ3n) is 6.78. The molecule has 1 aliphatic rings. The molecule has 1 aliphatic heterocycles. The third-order valence-corrected chi connectivity index (χ3v) is 6.78. The smallest absolute Gasteiger partial charge is 0.254 e. The fourth-order valence-electron chi connectivity index (χ4n) is 4.79. The van der Waals surface area contributed by atoms with E-state index in [4.69, 9.17) is 14.2 Å². The summed E-state index contributed by atoms with van der Waals surface area (Å²) in [5, 5.41) is 4.53. The fourth-order valence-corrected chi connectivity index (χ4v) is 4.79. The number of rotatable bonds is 10. The second kappa shape index (κ2) is 11.4. The predicted molar refractivity (Wildman–Crippen MR) is 134 cm³/mol. The molecule has 0 bridgehead atoms. The average Bonchev–Trinajstić information content (AvgIpc) is 3.29. The second-order valence-corrected chi connectivity index (χ2v) is 8.96. The number of carbonyl (C=O) groups is 1. The number of likely N-dealkylation sites (tertiary alicyclic amines) is 1. The number of nitrogens with one attached hydrogen (secondary N) is 2. The van der Waals surface area contributed by atoms with Crippen LogP contribution in [0.5, 0.6) is 17.2 Å². The zero-order valence-corrected chi connectivity index (χ0v) is 20.7. The number of hydrogen-bond donors (Lipinski definition) is 2. The van der Waals surface area contributed by atoms with Crippen LogP contribution in [0.15, 0.2) is 36.5 Å². The van der Waals surface area contributed by atoms with E-state index in [1.165, 1.54) is 6.07 Å². The Hall–Kier alpha value is -3.26. The van der Waals surface area contributed by atoms with E-state index >= 15 is 0 Å². The number of aromatic nitrogens is 1. The van der Waals surface area contributed by atoms with E-state index < -0.39 is 0 Å². The van der Waals surface area contributed by atoms with Gasteiger partial charge in [0.25, 0.3) is 5.91 Å². The highest BCUT2D eigenvalue weighted by Crippen LogP contribution is 2.38. The molecule has 1 fully saturated rings. The van der Waals surface area contributed by atoms with E-state index in [1.807, 2.05) is 11.1 Å². The third kappa shape index (κ3) is 5.70. The van der Waals surface area contributed by atoms with Gasteiger partial charge in [0.05, 0.1) is 21.3 Å². The van der Waals surface area contributed by atoms with Crippen LogP contribution in [-0.4, -0.2) is 63.3 Å². The van der Waals surface area contributed by atoms with Crippen LogP contribution in [0.1, 0.15) is 35.2 Å². The van der Waals surface area contributed by atoms with Crippen LogP contribution >= 0.6 is 0 Å². The van der Waals surface area contributed by atoms with Gasteiger partial charge in [-0.2, -0.15) is 0 Å². The molecule has 3 aromatic rings. The summed E-state index contributed by atoms with van der Waals surface area (Å²) in [7, 11) is 4.64. The predicted octanol–water partition coefficient (Wildman–Crippen LogP) is 4.41. The normalized spacial score (nSPS) is 14.3. The summed E-state index contributed by atoms with van der Waals surface area (Å²) in [4.78, 5) is 18.2. The molecule has 35 heavy (non-hydrogen) atoms. The molecule has 188 valence electrons. The first-order chi connectivity index (χ1) is 17.0. The van der Waals surface area contributed by atoms with Crippen LogP contribution in [0.2, 0.25) is 0 Å². The van der Waals surface area contributed by atoms with Gasteiger partial charge in [0.1, 0.15) is 5.82 Å². The average molecular weight is 484 g/mol. The SMILES string of the molecule is COc1cc(C(=O)N2CCC(CNCCCc3c[nH]c4ccc(F)cc34)CC2)cc(OC)c1OC. The van der Waals surface area contributed by atoms with Crippen LogP contribution < -0.4 is 19.5 Å². The summed E-state index contributed by atoms with van der Waals surface area (Å²) in [5.74, 6) is 1.76. The monoisotopic (exact) mass is 483 g/mol. The zero-order valence-electron chi connectivity index (χ0n) is 20.7. The molecule has 1 amide bonds. The van der Waals surface area contributed by atoms with Crippen molar-refractivity contribution in [3.05, 3.63) is 53.5 Å². The standard InChI is InChI=1S/C27H34FN3O4/c1-33-24-13-20(14-25(34-2)26(24)35-3)27(32)31-11-8-18(9-12-31)16-29-10-4-5-19-17-30-23-7-6-21(28)15-22(19)23/h6-7,13-15,17-18,29-30H,4-5,8-12,16H2,1-3H3. The van der Waals surface area contributed by atoms with Gasteiger partial charge in [0, 0.05) is 35.8 Å². The number of nitrogens with zero attached hydrogens (tertiary/aromatic N) is 1. The van der Waals surface area contributed by atoms with Crippen LogP contribution in [0.25, 0.3) is 10.9 Å². The first kappa shape index (κ1) is 24.9. The summed E-state index contributed by atoms with van der Waals surface area (Å²) < 4.78 is 29.7. The highest BCUT2D eigenvalue weighted by molar-refractivity contribution is 5.95. The lowest BCUT2D eigenvalue weighted by Crippen LogP contribution is -2.40. The lowest BCUT2D eigenvalue weighted by molar-refractivity contribution is 0.0689. The topological polar surface area (TPSA) is 75.8 Å². The van der Waals surface area contributed by atoms with Crippen LogP contribution in [0.3, 0.4) is 0 Å². The highest BCUT2D eigenvalue weighted by atomic mass is 19.1. The van der Waals surface area contributed by atoms with Crippen molar-refractivity contribution in [2.45, 2.75) is 25.7 Å². The maximum atomic E-state index is 13.5. The summed E-state index contributed by atoms with van der Waals surface area (Å²) in [6.45, 7) is 3.30. The minimum absolute atomic E-state index is 0.0224. The number of methoxy groups -OCH3 is 3. The summed E-state index contributed by atoms with van der Waals surface area (Å²) in [6.07, 6.45) is 5.79. The van der Waals surface area contributed by atoms with Gasteiger partial charge in [0.2, 0.25) is 5.75 Å². The van der Waals surface area contributed by atoms with Crippen molar-refractivity contribution in [1.29, 1.82) is 0 Å². The maximum absolute atomic E-state index is 13.5. The minimum Gasteiger partial charge on any atom is -0.493 e. The van der Waals surface area contributed by atoms with Crippen molar-refractivity contribution in [3.63, 3.8) is 0 Å². The Morgan fingerprint density at radius 2 is 1.80 bits per heavy atom.